The molecule has 2 aromatic rings. The molecule has 0 aromatic heterocycles. The van der Waals surface area contributed by atoms with Gasteiger partial charge in [-0.05, 0) is 48.7 Å². The second kappa shape index (κ2) is 6.24. The summed E-state index contributed by atoms with van der Waals surface area (Å²) in [5, 5.41) is 2.44. The van der Waals surface area contributed by atoms with Crippen LogP contribution in [0.4, 0.5) is 23.2 Å². The summed E-state index contributed by atoms with van der Waals surface area (Å²) in [7, 11) is 0. The van der Waals surface area contributed by atoms with Crippen molar-refractivity contribution in [3.05, 3.63) is 64.2 Å². The molecule has 0 aliphatic heterocycles. The van der Waals surface area contributed by atoms with Crippen LogP contribution in [0.3, 0.4) is 0 Å². The molecular formula is C17H14F4N2O. The van der Waals surface area contributed by atoms with E-state index in [1.165, 1.54) is 12.1 Å². The number of nitrogens with one attached hydrogen (secondary N) is 1. The van der Waals surface area contributed by atoms with Gasteiger partial charge in [0.25, 0.3) is 12.3 Å². The number of fused-ring (bicyclic) bond motifs is 1. The zero-order valence-electron chi connectivity index (χ0n) is 12.5. The quantitative estimate of drug-likeness (QED) is 0.828. The number of carbonyl (C=O) groups excluding carboxylic acids is 1. The standard InChI is InChI=1S/C17H14F4N2O/c18-12-4-1-8(7-11(12)16(20)21)23-17(24)10-2-5-13(19)15-9(10)3-6-14(15)22/h1-2,4-5,7,14,16H,3,6,22H2,(H,23,24)/t14-/m0/s1. The van der Waals surface area contributed by atoms with Gasteiger partial charge in [0.15, 0.2) is 0 Å². The fourth-order valence-electron chi connectivity index (χ4n) is 2.95. The fraction of sp³-hybridized carbons (Fsp3) is 0.235. The van der Waals surface area contributed by atoms with Gasteiger partial charge in [-0.15, -0.1) is 0 Å². The first-order chi connectivity index (χ1) is 11.4. The van der Waals surface area contributed by atoms with Crippen molar-refractivity contribution >= 4 is 11.6 Å². The van der Waals surface area contributed by atoms with Crippen molar-refractivity contribution in [2.24, 2.45) is 5.73 Å². The van der Waals surface area contributed by atoms with Crippen LogP contribution >= 0.6 is 0 Å². The third-order valence-corrected chi connectivity index (χ3v) is 4.11. The van der Waals surface area contributed by atoms with Gasteiger partial charge >= 0.3 is 0 Å². The molecule has 7 heteroatoms. The second-order valence-corrected chi connectivity index (χ2v) is 5.62. The topological polar surface area (TPSA) is 55.1 Å². The van der Waals surface area contributed by atoms with Crippen molar-refractivity contribution in [1.82, 2.24) is 0 Å². The summed E-state index contributed by atoms with van der Waals surface area (Å²) in [5.74, 6) is -2.09. The van der Waals surface area contributed by atoms with E-state index in [9.17, 15) is 22.4 Å². The van der Waals surface area contributed by atoms with Crippen molar-refractivity contribution in [3.8, 4) is 0 Å². The average Bonchev–Trinajstić information content (AvgIpc) is 2.92. The van der Waals surface area contributed by atoms with E-state index in [0.29, 0.717) is 24.0 Å². The number of anilines is 1. The number of nitrogens with two attached hydrogens (primary N) is 1. The molecule has 0 radical (unpaired) electrons. The van der Waals surface area contributed by atoms with E-state index in [1.54, 1.807) is 0 Å². The van der Waals surface area contributed by atoms with Crippen LogP contribution in [-0.4, -0.2) is 5.91 Å². The molecule has 0 spiro atoms. The monoisotopic (exact) mass is 338 g/mol. The fourth-order valence-corrected chi connectivity index (χ4v) is 2.95. The van der Waals surface area contributed by atoms with Crippen LogP contribution < -0.4 is 11.1 Å². The molecule has 0 saturated heterocycles. The van der Waals surface area contributed by atoms with Gasteiger partial charge in [-0.1, -0.05) is 0 Å². The van der Waals surface area contributed by atoms with Crippen LogP contribution in [0, 0.1) is 11.6 Å². The van der Waals surface area contributed by atoms with E-state index in [1.807, 2.05) is 0 Å². The van der Waals surface area contributed by atoms with Gasteiger partial charge in [0.05, 0.1) is 5.56 Å². The highest BCUT2D eigenvalue weighted by atomic mass is 19.3. The summed E-state index contributed by atoms with van der Waals surface area (Å²) in [4.78, 5) is 12.4. The van der Waals surface area contributed by atoms with Crippen molar-refractivity contribution in [2.75, 3.05) is 5.32 Å². The molecule has 3 nitrogen and oxygen atoms in total. The van der Waals surface area contributed by atoms with E-state index in [0.717, 1.165) is 18.2 Å². The normalized spacial score (nSPS) is 16.3. The number of rotatable bonds is 3. The number of hydrogen-bond donors (Lipinski definition) is 2. The van der Waals surface area contributed by atoms with Crippen LogP contribution in [0.25, 0.3) is 0 Å². The molecule has 126 valence electrons. The van der Waals surface area contributed by atoms with Gasteiger partial charge in [-0.25, -0.2) is 17.6 Å². The summed E-state index contributed by atoms with van der Waals surface area (Å²) in [6.07, 6.45) is -2.00. The predicted octanol–water partition coefficient (Wildman–Crippen LogP) is 4.10. The Balaban J connectivity index is 1.91. The highest BCUT2D eigenvalue weighted by molar-refractivity contribution is 6.05. The Labute approximate surface area is 135 Å². The Morgan fingerprint density at radius 3 is 2.58 bits per heavy atom. The minimum atomic E-state index is -2.99. The molecule has 0 unspecified atom stereocenters. The Morgan fingerprint density at radius 1 is 1.17 bits per heavy atom. The highest BCUT2D eigenvalue weighted by Crippen LogP contribution is 2.34. The summed E-state index contributed by atoms with van der Waals surface area (Å²) in [6, 6.07) is 4.96. The van der Waals surface area contributed by atoms with Gasteiger partial charge in [-0.2, -0.15) is 0 Å². The lowest BCUT2D eigenvalue weighted by Crippen LogP contribution is -2.16. The molecule has 1 aliphatic rings. The van der Waals surface area contributed by atoms with Crippen LogP contribution in [0.15, 0.2) is 30.3 Å². The largest absolute Gasteiger partial charge is 0.324 e. The zero-order valence-corrected chi connectivity index (χ0v) is 12.5. The van der Waals surface area contributed by atoms with Gasteiger partial charge in [-0.3, -0.25) is 4.79 Å². The number of benzene rings is 2. The van der Waals surface area contributed by atoms with Gasteiger partial charge in [0, 0.05) is 22.9 Å². The zero-order chi connectivity index (χ0) is 17.4. The molecule has 3 N–H and O–H groups in total. The Hall–Kier alpha value is -2.41. The van der Waals surface area contributed by atoms with Crippen LogP contribution in [-0.2, 0) is 6.42 Å². The number of halogens is 4. The molecule has 24 heavy (non-hydrogen) atoms. The van der Waals surface area contributed by atoms with E-state index in [-0.39, 0.29) is 11.3 Å². The maximum absolute atomic E-state index is 13.9. The van der Waals surface area contributed by atoms with Crippen LogP contribution in [0.1, 0.15) is 45.9 Å². The summed E-state index contributed by atoms with van der Waals surface area (Å²) < 4.78 is 52.6. The van der Waals surface area contributed by atoms with E-state index >= 15 is 0 Å². The van der Waals surface area contributed by atoms with E-state index in [4.69, 9.17) is 5.73 Å². The summed E-state index contributed by atoms with van der Waals surface area (Å²) >= 11 is 0. The highest BCUT2D eigenvalue weighted by Gasteiger charge is 2.27. The van der Waals surface area contributed by atoms with Crippen molar-refractivity contribution < 1.29 is 22.4 Å². The number of amides is 1. The molecule has 1 amide bonds. The number of carbonyl (C=O) groups is 1. The molecule has 0 heterocycles. The van der Waals surface area contributed by atoms with Gasteiger partial charge < -0.3 is 11.1 Å². The molecule has 0 fully saturated rings. The van der Waals surface area contributed by atoms with E-state index in [2.05, 4.69) is 5.32 Å². The maximum Gasteiger partial charge on any atom is 0.266 e. The van der Waals surface area contributed by atoms with Gasteiger partial charge in [0.2, 0.25) is 0 Å². The van der Waals surface area contributed by atoms with Crippen LogP contribution in [0.2, 0.25) is 0 Å². The lowest BCUT2D eigenvalue weighted by molar-refractivity contribution is 0.102. The third-order valence-electron chi connectivity index (χ3n) is 4.11. The molecule has 3 rings (SSSR count). The Kier molecular flexibility index (Phi) is 4.28. The van der Waals surface area contributed by atoms with Crippen molar-refractivity contribution in [2.45, 2.75) is 25.3 Å². The number of alkyl halides is 2. The lowest BCUT2D eigenvalue weighted by atomic mass is 10.0. The molecule has 0 saturated carbocycles. The first-order valence-electron chi connectivity index (χ1n) is 7.34. The average molecular weight is 338 g/mol. The van der Waals surface area contributed by atoms with Crippen molar-refractivity contribution in [1.29, 1.82) is 0 Å². The molecule has 0 bridgehead atoms. The van der Waals surface area contributed by atoms with E-state index < -0.39 is 35.6 Å². The summed E-state index contributed by atoms with van der Waals surface area (Å²) in [6.45, 7) is 0. The first kappa shape index (κ1) is 16.4. The molecule has 2 aromatic carbocycles. The van der Waals surface area contributed by atoms with Gasteiger partial charge in [0.1, 0.15) is 11.6 Å². The molecule has 1 atom stereocenters. The predicted molar refractivity (Wildman–Crippen MR) is 81.0 cm³/mol. The Morgan fingerprint density at radius 2 is 1.88 bits per heavy atom. The molecular weight excluding hydrogens is 324 g/mol. The minimum absolute atomic E-state index is 0.0390. The molecule has 1 aliphatic carbocycles. The van der Waals surface area contributed by atoms with Crippen molar-refractivity contribution in [3.63, 3.8) is 0 Å². The Bertz CT molecular complexity index is 807. The summed E-state index contributed by atoms with van der Waals surface area (Å²) in [5.41, 5.74) is 6.17. The second-order valence-electron chi connectivity index (χ2n) is 5.62. The SMILES string of the molecule is N[C@H]1CCc2c(C(=O)Nc3ccc(F)c(C(F)F)c3)ccc(F)c21. The third kappa shape index (κ3) is 2.87. The minimum Gasteiger partial charge on any atom is -0.324 e. The maximum atomic E-state index is 13.9. The van der Waals surface area contributed by atoms with Crippen LogP contribution in [0.5, 0.6) is 0 Å². The number of hydrogen-bond acceptors (Lipinski definition) is 2. The smallest absolute Gasteiger partial charge is 0.266 e. The lowest BCUT2D eigenvalue weighted by Gasteiger charge is -2.12. The first-order valence-corrected chi connectivity index (χ1v) is 7.34.